The fraction of sp³-hybridized carbons (Fsp3) is 0.667. The molecule has 2 atom stereocenters. The summed E-state index contributed by atoms with van der Waals surface area (Å²) in [4.78, 5) is 2.38. The third-order valence-electron chi connectivity index (χ3n) is 3.13. The Morgan fingerprint density at radius 3 is 2.86 bits per heavy atom. The summed E-state index contributed by atoms with van der Waals surface area (Å²) < 4.78 is 0. The lowest BCUT2D eigenvalue weighted by Gasteiger charge is -2.15. The van der Waals surface area contributed by atoms with E-state index in [4.69, 9.17) is 0 Å². The zero-order valence-electron chi connectivity index (χ0n) is 8.63. The van der Waals surface area contributed by atoms with E-state index in [2.05, 4.69) is 34.3 Å². The van der Waals surface area contributed by atoms with E-state index in [0.29, 0.717) is 0 Å². The van der Waals surface area contributed by atoms with Crippen LogP contribution in [0.15, 0.2) is 11.4 Å². The van der Waals surface area contributed by atoms with Gasteiger partial charge in [-0.15, -0.1) is 11.3 Å². The van der Waals surface area contributed by atoms with Crippen molar-refractivity contribution in [3.8, 4) is 0 Å². The van der Waals surface area contributed by atoms with Crippen LogP contribution in [0.1, 0.15) is 48.5 Å². The molecule has 1 heterocycles. The Morgan fingerprint density at radius 1 is 1.36 bits per heavy atom. The molecule has 2 heteroatoms. The highest BCUT2D eigenvalue weighted by Gasteiger charge is 2.21. The molecule has 0 aliphatic heterocycles. The number of aryl methyl sites for hydroxylation is 1. The minimum absolute atomic E-state index is 0.747. The molecule has 1 aromatic rings. The Labute approximate surface area is 98.9 Å². The van der Waals surface area contributed by atoms with Crippen LogP contribution in [0.25, 0.3) is 0 Å². The van der Waals surface area contributed by atoms with Gasteiger partial charge in [0.2, 0.25) is 0 Å². The van der Waals surface area contributed by atoms with E-state index in [1.165, 1.54) is 37.7 Å². The van der Waals surface area contributed by atoms with E-state index in [-0.39, 0.29) is 0 Å². The number of hydrogen-bond donors (Lipinski definition) is 0. The van der Waals surface area contributed by atoms with Gasteiger partial charge in [0.25, 0.3) is 0 Å². The van der Waals surface area contributed by atoms with Crippen LogP contribution < -0.4 is 0 Å². The van der Waals surface area contributed by atoms with Crippen molar-refractivity contribution in [2.75, 3.05) is 0 Å². The van der Waals surface area contributed by atoms with Gasteiger partial charge in [0.05, 0.1) is 0 Å². The molecular formula is C12H17BrS. The van der Waals surface area contributed by atoms with Crippen molar-refractivity contribution in [3.63, 3.8) is 0 Å². The molecule has 0 nitrogen and oxygen atoms in total. The van der Waals surface area contributed by atoms with Crippen molar-refractivity contribution in [3.05, 3.63) is 21.9 Å². The fourth-order valence-electron chi connectivity index (χ4n) is 2.34. The van der Waals surface area contributed by atoms with Crippen molar-refractivity contribution in [1.29, 1.82) is 0 Å². The molecular weight excluding hydrogens is 256 g/mol. The average molecular weight is 273 g/mol. The average Bonchev–Trinajstić information content (AvgIpc) is 2.45. The first-order valence-electron chi connectivity index (χ1n) is 5.45. The summed E-state index contributed by atoms with van der Waals surface area (Å²) in [5, 5.41) is 2.23. The smallest absolute Gasteiger partial charge is 0.0151 e. The normalized spacial score (nSPS) is 28.7. The van der Waals surface area contributed by atoms with Gasteiger partial charge >= 0.3 is 0 Å². The minimum Gasteiger partial charge on any atom is -0.148 e. The van der Waals surface area contributed by atoms with Crippen LogP contribution in [0.3, 0.4) is 0 Å². The van der Waals surface area contributed by atoms with E-state index in [0.717, 1.165) is 10.7 Å². The van der Waals surface area contributed by atoms with Crippen molar-refractivity contribution in [1.82, 2.24) is 0 Å². The number of thiophene rings is 1. The van der Waals surface area contributed by atoms with E-state index in [9.17, 15) is 0 Å². The predicted octanol–water partition coefficient (Wildman–Crippen LogP) is 4.87. The molecule has 2 rings (SSSR count). The summed E-state index contributed by atoms with van der Waals surface area (Å²) in [6.07, 6.45) is 6.90. The molecule has 0 saturated heterocycles. The Kier molecular flexibility index (Phi) is 3.67. The highest BCUT2D eigenvalue weighted by Crippen LogP contribution is 2.38. The van der Waals surface area contributed by atoms with Gasteiger partial charge in [0.15, 0.2) is 0 Å². The number of halogens is 1. The van der Waals surface area contributed by atoms with Gasteiger partial charge in [-0.2, -0.15) is 0 Å². The first-order valence-corrected chi connectivity index (χ1v) is 7.25. The standard InChI is InChI=1S/C12H17BrS/c1-9-6-7-14-12(9)10-4-2-3-5-11(13)8-10/h6-7,10-11H,2-5,8H2,1H3. The van der Waals surface area contributed by atoms with Crippen LogP contribution in [-0.4, -0.2) is 4.83 Å². The molecule has 0 spiro atoms. The number of alkyl halides is 1. The van der Waals surface area contributed by atoms with Crippen LogP contribution in [0.2, 0.25) is 0 Å². The first-order chi connectivity index (χ1) is 6.77. The van der Waals surface area contributed by atoms with Crippen LogP contribution in [0.5, 0.6) is 0 Å². The SMILES string of the molecule is Cc1ccsc1C1CCCCC(Br)C1. The topological polar surface area (TPSA) is 0 Å². The molecule has 1 saturated carbocycles. The van der Waals surface area contributed by atoms with Gasteiger partial charge < -0.3 is 0 Å². The van der Waals surface area contributed by atoms with Crippen molar-refractivity contribution in [2.45, 2.75) is 49.8 Å². The third kappa shape index (κ3) is 2.40. The summed E-state index contributed by atoms with van der Waals surface area (Å²) in [6.45, 7) is 2.25. The minimum atomic E-state index is 0.747. The predicted molar refractivity (Wildman–Crippen MR) is 67.6 cm³/mol. The lowest BCUT2D eigenvalue weighted by atomic mass is 9.96. The molecule has 2 unspecified atom stereocenters. The summed E-state index contributed by atoms with van der Waals surface area (Å²) in [7, 11) is 0. The second-order valence-corrected chi connectivity index (χ2v) is 6.52. The lowest BCUT2D eigenvalue weighted by molar-refractivity contribution is 0.607. The highest BCUT2D eigenvalue weighted by molar-refractivity contribution is 9.09. The maximum absolute atomic E-state index is 3.79. The number of rotatable bonds is 1. The van der Waals surface area contributed by atoms with Crippen molar-refractivity contribution >= 4 is 27.3 Å². The van der Waals surface area contributed by atoms with Gasteiger partial charge in [0.1, 0.15) is 0 Å². The maximum Gasteiger partial charge on any atom is 0.0151 e. The van der Waals surface area contributed by atoms with Gasteiger partial charge in [0, 0.05) is 9.70 Å². The van der Waals surface area contributed by atoms with Crippen molar-refractivity contribution < 1.29 is 0 Å². The second-order valence-electron chi connectivity index (χ2n) is 4.28. The summed E-state index contributed by atoms with van der Waals surface area (Å²) in [5.74, 6) is 0.821. The molecule has 0 aromatic carbocycles. The fourth-order valence-corrected chi connectivity index (χ4v) is 4.20. The molecule has 1 aromatic heterocycles. The molecule has 0 radical (unpaired) electrons. The maximum atomic E-state index is 3.79. The van der Waals surface area contributed by atoms with E-state index < -0.39 is 0 Å². The van der Waals surface area contributed by atoms with Gasteiger partial charge in [-0.3, -0.25) is 0 Å². The molecule has 1 aliphatic carbocycles. The van der Waals surface area contributed by atoms with E-state index >= 15 is 0 Å². The zero-order valence-corrected chi connectivity index (χ0v) is 11.0. The quantitative estimate of drug-likeness (QED) is 0.506. The Balaban J connectivity index is 2.13. The largest absolute Gasteiger partial charge is 0.148 e. The summed E-state index contributed by atoms with van der Waals surface area (Å²) >= 11 is 5.74. The van der Waals surface area contributed by atoms with Crippen LogP contribution >= 0.6 is 27.3 Å². The Morgan fingerprint density at radius 2 is 2.14 bits per heavy atom. The van der Waals surface area contributed by atoms with Crippen LogP contribution in [0, 0.1) is 6.92 Å². The molecule has 0 bridgehead atoms. The second kappa shape index (κ2) is 4.80. The van der Waals surface area contributed by atoms with Gasteiger partial charge in [-0.25, -0.2) is 0 Å². The molecule has 78 valence electrons. The van der Waals surface area contributed by atoms with Gasteiger partial charge in [-0.1, -0.05) is 28.8 Å². The summed E-state index contributed by atoms with van der Waals surface area (Å²) in [6, 6.07) is 2.26. The van der Waals surface area contributed by atoms with Gasteiger partial charge in [-0.05, 0) is 49.1 Å². The van der Waals surface area contributed by atoms with Crippen LogP contribution in [0.4, 0.5) is 0 Å². The molecule has 14 heavy (non-hydrogen) atoms. The lowest BCUT2D eigenvalue weighted by Crippen LogP contribution is -2.03. The molecule has 0 amide bonds. The molecule has 1 aliphatic rings. The summed E-state index contributed by atoms with van der Waals surface area (Å²) in [5.41, 5.74) is 1.50. The zero-order chi connectivity index (χ0) is 9.97. The highest BCUT2D eigenvalue weighted by atomic mass is 79.9. The molecule has 0 N–H and O–H groups in total. The van der Waals surface area contributed by atoms with Crippen molar-refractivity contribution in [2.24, 2.45) is 0 Å². The Hall–Kier alpha value is 0.180. The Bertz CT molecular complexity index is 292. The van der Waals surface area contributed by atoms with E-state index in [1.807, 2.05) is 11.3 Å². The number of hydrogen-bond acceptors (Lipinski definition) is 1. The molecule has 1 fully saturated rings. The third-order valence-corrected chi connectivity index (χ3v) is 5.15. The van der Waals surface area contributed by atoms with Crippen LogP contribution in [-0.2, 0) is 0 Å². The first kappa shape index (κ1) is 10.7. The monoisotopic (exact) mass is 272 g/mol. The van der Waals surface area contributed by atoms with E-state index in [1.54, 1.807) is 4.88 Å².